The third kappa shape index (κ3) is 3.71. The summed E-state index contributed by atoms with van der Waals surface area (Å²) < 4.78 is 67.0. The molecule has 2 aromatic carbocycles. The molecule has 2 N–H and O–H groups in total. The van der Waals surface area contributed by atoms with E-state index in [0.717, 1.165) is 19.1 Å². The van der Waals surface area contributed by atoms with Gasteiger partial charge in [0.15, 0.2) is 11.6 Å². The van der Waals surface area contributed by atoms with Crippen molar-refractivity contribution in [1.29, 1.82) is 0 Å². The van der Waals surface area contributed by atoms with Crippen molar-refractivity contribution in [3.05, 3.63) is 76.3 Å². The second-order valence-electron chi connectivity index (χ2n) is 5.11. The minimum Gasteiger partial charge on any atom is -0.477 e. The van der Waals surface area contributed by atoms with E-state index >= 15 is 0 Å². The predicted molar refractivity (Wildman–Crippen MR) is 81.1 cm³/mol. The Kier molecular flexibility index (Phi) is 5.39. The normalized spacial score (nSPS) is 11.4. The molecule has 0 saturated heterocycles. The van der Waals surface area contributed by atoms with Crippen molar-refractivity contribution in [3.63, 3.8) is 0 Å². The Morgan fingerprint density at radius 2 is 1.65 bits per heavy atom. The third-order valence-corrected chi connectivity index (χ3v) is 3.41. The van der Waals surface area contributed by atoms with E-state index in [9.17, 15) is 31.5 Å². The van der Waals surface area contributed by atoms with E-state index in [4.69, 9.17) is 5.11 Å². The van der Waals surface area contributed by atoms with Crippen LogP contribution in [0.4, 0.5) is 27.6 Å². The zero-order valence-corrected chi connectivity index (χ0v) is 13.0. The molecule has 0 spiro atoms. The van der Waals surface area contributed by atoms with Gasteiger partial charge in [0.05, 0.1) is 11.3 Å². The van der Waals surface area contributed by atoms with Gasteiger partial charge in [0.25, 0.3) is 0 Å². The first kappa shape index (κ1) is 19.1. The summed E-state index contributed by atoms with van der Waals surface area (Å²) in [6.45, 7) is 0.904. The summed E-state index contributed by atoms with van der Waals surface area (Å²) in [6.07, 6.45) is 0.543. The Balaban J connectivity index is 2.46. The van der Waals surface area contributed by atoms with Crippen LogP contribution in [0.25, 0.3) is 0 Å². The van der Waals surface area contributed by atoms with Crippen LogP contribution in [-0.2, 0) is 4.79 Å². The number of carbonyl (C=O) groups is 2. The van der Waals surface area contributed by atoms with Crippen LogP contribution in [-0.4, -0.2) is 16.9 Å². The lowest BCUT2D eigenvalue weighted by Crippen LogP contribution is -2.18. The Bertz CT molecular complexity index is 940. The Hall–Kier alpha value is -3.23. The first-order valence-corrected chi connectivity index (χ1v) is 6.97. The van der Waals surface area contributed by atoms with Crippen LogP contribution in [0.5, 0.6) is 0 Å². The summed E-state index contributed by atoms with van der Waals surface area (Å²) in [5, 5.41) is 11.3. The second-order valence-corrected chi connectivity index (χ2v) is 5.11. The summed E-state index contributed by atoms with van der Waals surface area (Å²) in [4.78, 5) is 23.6. The van der Waals surface area contributed by atoms with Gasteiger partial charge in [-0.15, -0.1) is 0 Å². The van der Waals surface area contributed by atoms with E-state index in [0.29, 0.717) is 12.3 Å². The van der Waals surface area contributed by atoms with Crippen molar-refractivity contribution >= 4 is 17.4 Å². The zero-order chi connectivity index (χ0) is 19.6. The van der Waals surface area contributed by atoms with E-state index in [-0.39, 0.29) is 11.8 Å². The molecule has 4 nitrogen and oxygen atoms in total. The summed E-state index contributed by atoms with van der Waals surface area (Å²) in [5.41, 5.74) is -3.12. The molecular weight excluding hydrogens is 361 g/mol. The number of aliphatic carboxylic acids is 1. The highest BCUT2D eigenvalue weighted by Gasteiger charge is 2.27. The number of carboxylic acid groups (broad SMARTS) is 1. The predicted octanol–water partition coefficient (Wildman–Crippen LogP) is 3.95. The molecule has 26 heavy (non-hydrogen) atoms. The number of benzene rings is 2. The van der Waals surface area contributed by atoms with E-state index in [1.54, 1.807) is 0 Å². The molecule has 2 rings (SSSR count). The number of Topliss-reactive ketones (excluding diaryl/α,β-unsaturated/α-hetero) is 1. The second kappa shape index (κ2) is 7.34. The topological polar surface area (TPSA) is 66.4 Å². The molecule has 0 aliphatic carbocycles. The van der Waals surface area contributed by atoms with Gasteiger partial charge in [0.2, 0.25) is 5.78 Å². The smallest absolute Gasteiger partial charge is 0.341 e. The van der Waals surface area contributed by atoms with Gasteiger partial charge in [-0.1, -0.05) is 0 Å². The standard InChI is InChI=1S/C17H10F5NO3/c1-7-14(11(20)5-12(21)15(7)22)16(24)9(17(25)26)6-23-13-3-2-8(18)4-10(13)19/h2-6,23H,1H3,(H,25,26)/b9-6-. The molecule has 0 aliphatic rings. The molecule has 9 heteroatoms. The molecule has 136 valence electrons. The molecular formula is C17H10F5NO3. The number of carbonyl (C=O) groups excluding carboxylic acids is 1. The van der Waals surface area contributed by atoms with E-state index in [2.05, 4.69) is 5.32 Å². The molecule has 0 unspecified atom stereocenters. The van der Waals surface area contributed by atoms with Crippen molar-refractivity contribution < 1.29 is 36.6 Å². The number of hydrogen-bond acceptors (Lipinski definition) is 3. The van der Waals surface area contributed by atoms with Crippen molar-refractivity contribution in [3.8, 4) is 0 Å². The number of carboxylic acids is 1. The molecule has 0 amide bonds. The maximum absolute atomic E-state index is 13.9. The molecule has 0 atom stereocenters. The van der Waals surface area contributed by atoms with Crippen LogP contribution in [0, 0.1) is 36.0 Å². The fourth-order valence-corrected chi connectivity index (χ4v) is 2.11. The highest BCUT2D eigenvalue weighted by molar-refractivity contribution is 6.24. The first-order valence-electron chi connectivity index (χ1n) is 6.97. The zero-order valence-electron chi connectivity index (χ0n) is 13.0. The summed E-state index contributed by atoms with van der Waals surface area (Å²) in [7, 11) is 0. The SMILES string of the molecule is Cc1c(F)c(F)cc(F)c1C(=O)/C(=C/Nc1ccc(F)cc1F)C(=O)O. The van der Waals surface area contributed by atoms with Crippen LogP contribution in [0.3, 0.4) is 0 Å². The maximum Gasteiger partial charge on any atom is 0.341 e. The quantitative estimate of drug-likeness (QED) is 0.209. The highest BCUT2D eigenvalue weighted by Crippen LogP contribution is 2.23. The van der Waals surface area contributed by atoms with Crippen LogP contribution in [0.1, 0.15) is 15.9 Å². The van der Waals surface area contributed by atoms with E-state index in [1.165, 1.54) is 0 Å². The fraction of sp³-hybridized carbons (Fsp3) is 0.0588. The largest absolute Gasteiger partial charge is 0.477 e. The van der Waals surface area contributed by atoms with Gasteiger partial charge in [-0.3, -0.25) is 4.79 Å². The van der Waals surface area contributed by atoms with Gasteiger partial charge < -0.3 is 10.4 Å². The molecule has 0 saturated carbocycles. The van der Waals surface area contributed by atoms with Crippen molar-refractivity contribution in [2.45, 2.75) is 6.92 Å². The van der Waals surface area contributed by atoms with Crippen LogP contribution in [0.15, 0.2) is 36.0 Å². The molecule has 0 aliphatic heterocycles. The lowest BCUT2D eigenvalue weighted by molar-refractivity contribution is -0.132. The summed E-state index contributed by atoms with van der Waals surface area (Å²) >= 11 is 0. The van der Waals surface area contributed by atoms with Gasteiger partial charge >= 0.3 is 5.97 Å². The van der Waals surface area contributed by atoms with Gasteiger partial charge in [-0.05, 0) is 19.1 Å². The Morgan fingerprint density at radius 3 is 2.23 bits per heavy atom. The Morgan fingerprint density at radius 1 is 1.00 bits per heavy atom. The average Bonchev–Trinajstić information content (AvgIpc) is 2.54. The van der Waals surface area contributed by atoms with Gasteiger partial charge in [0.1, 0.15) is 23.0 Å². The number of hydrogen-bond donors (Lipinski definition) is 2. The monoisotopic (exact) mass is 371 g/mol. The first-order chi connectivity index (χ1) is 12.1. The van der Waals surface area contributed by atoms with Gasteiger partial charge in [-0.2, -0.15) is 0 Å². The number of nitrogens with one attached hydrogen (secondary N) is 1. The van der Waals surface area contributed by atoms with E-state index in [1.807, 2.05) is 0 Å². The third-order valence-electron chi connectivity index (χ3n) is 3.41. The number of ketones is 1. The Labute approximate surface area is 143 Å². The molecule has 0 heterocycles. The van der Waals surface area contributed by atoms with Gasteiger partial charge in [0, 0.05) is 23.9 Å². The van der Waals surface area contributed by atoms with Crippen LogP contribution >= 0.6 is 0 Å². The lowest BCUT2D eigenvalue weighted by Gasteiger charge is -2.10. The number of anilines is 1. The fourth-order valence-electron chi connectivity index (χ4n) is 2.11. The minimum absolute atomic E-state index is 0.113. The van der Waals surface area contributed by atoms with Gasteiger partial charge in [-0.25, -0.2) is 26.7 Å². The highest BCUT2D eigenvalue weighted by atomic mass is 19.2. The van der Waals surface area contributed by atoms with E-state index < -0.39 is 57.5 Å². The summed E-state index contributed by atoms with van der Waals surface area (Å²) in [6, 6.07) is 2.44. The molecule has 0 bridgehead atoms. The average molecular weight is 371 g/mol. The van der Waals surface area contributed by atoms with Crippen molar-refractivity contribution in [1.82, 2.24) is 0 Å². The summed E-state index contributed by atoms with van der Waals surface area (Å²) in [5.74, 6) is -9.73. The molecule has 0 radical (unpaired) electrons. The minimum atomic E-state index is -1.83. The maximum atomic E-state index is 13.9. The number of halogens is 5. The number of rotatable bonds is 5. The van der Waals surface area contributed by atoms with Crippen molar-refractivity contribution in [2.75, 3.05) is 5.32 Å². The van der Waals surface area contributed by atoms with Crippen LogP contribution < -0.4 is 5.32 Å². The van der Waals surface area contributed by atoms with Crippen molar-refractivity contribution in [2.24, 2.45) is 0 Å². The van der Waals surface area contributed by atoms with Crippen LogP contribution in [0.2, 0.25) is 0 Å². The molecule has 2 aromatic rings. The molecule has 0 fully saturated rings. The lowest BCUT2D eigenvalue weighted by atomic mass is 9.98. The molecule has 0 aromatic heterocycles.